The lowest BCUT2D eigenvalue weighted by Crippen LogP contribution is -2.48. The Kier molecular flexibility index (Phi) is 5.35. The number of hydrogen-bond donors (Lipinski definition) is 3. The van der Waals surface area contributed by atoms with E-state index >= 15 is 0 Å². The first kappa shape index (κ1) is 13.9. The summed E-state index contributed by atoms with van der Waals surface area (Å²) in [5.41, 5.74) is -0.882. The minimum Gasteiger partial charge on any atom is -0.386 e. The van der Waals surface area contributed by atoms with Crippen LogP contribution in [0.5, 0.6) is 0 Å². The average molecular weight is 241 g/mol. The van der Waals surface area contributed by atoms with Crippen LogP contribution in [0.25, 0.3) is 0 Å². The number of nitrogens with one attached hydrogen (secondary N) is 2. The Labute approximate surface area is 101 Å². The molecule has 0 saturated carbocycles. The van der Waals surface area contributed by atoms with Crippen LogP contribution in [-0.2, 0) is 9.53 Å². The minimum absolute atomic E-state index is 0.139. The van der Waals surface area contributed by atoms with E-state index < -0.39 is 5.60 Å². The maximum absolute atomic E-state index is 11.3. The average Bonchev–Trinajstić information content (AvgIpc) is 2.60. The zero-order valence-corrected chi connectivity index (χ0v) is 10.0. The molecule has 6 nitrogen and oxygen atoms in total. The van der Waals surface area contributed by atoms with Crippen molar-refractivity contribution < 1.29 is 14.6 Å². The molecular formula is C11H19N3O3. The van der Waals surface area contributed by atoms with E-state index in [0.717, 1.165) is 0 Å². The molecule has 0 aromatic carbocycles. The Bertz CT molecular complexity index is 303. The summed E-state index contributed by atoms with van der Waals surface area (Å²) in [5, 5.41) is 23.9. The van der Waals surface area contributed by atoms with Gasteiger partial charge in [0.05, 0.1) is 25.1 Å². The maximum atomic E-state index is 11.3. The van der Waals surface area contributed by atoms with Crippen LogP contribution in [0.1, 0.15) is 19.8 Å². The van der Waals surface area contributed by atoms with Crippen molar-refractivity contribution in [1.29, 1.82) is 5.26 Å². The van der Waals surface area contributed by atoms with Crippen LogP contribution in [-0.4, -0.2) is 49.0 Å². The highest BCUT2D eigenvalue weighted by atomic mass is 16.5. The molecule has 96 valence electrons. The summed E-state index contributed by atoms with van der Waals surface area (Å²) in [7, 11) is 0. The Morgan fingerprint density at radius 1 is 1.71 bits per heavy atom. The number of rotatable bonds is 6. The van der Waals surface area contributed by atoms with Gasteiger partial charge in [-0.25, -0.2) is 0 Å². The van der Waals surface area contributed by atoms with Gasteiger partial charge in [-0.3, -0.25) is 4.79 Å². The zero-order valence-electron chi connectivity index (χ0n) is 10.0. The second kappa shape index (κ2) is 6.55. The van der Waals surface area contributed by atoms with Gasteiger partial charge in [0.15, 0.2) is 0 Å². The molecule has 2 unspecified atom stereocenters. The summed E-state index contributed by atoms with van der Waals surface area (Å²) in [4.78, 5) is 11.3. The molecule has 0 spiro atoms. The zero-order chi connectivity index (χ0) is 12.7. The molecular weight excluding hydrogens is 222 g/mol. The number of amides is 1. The van der Waals surface area contributed by atoms with Crippen LogP contribution in [0.3, 0.4) is 0 Å². The lowest BCUT2D eigenvalue weighted by Gasteiger charge is -2.26. The van der Waals surface area contributed by atoms with Crippen molar-refractivity contribution in [2.45, 2.75) is 31.5 Å². The monoisotopic (exact) mass is 241 g/mol. The van der Waals surface area contributed by atoms with Crippen LogP contribution < -0.4 is 10.6 Å². The number of nitriles is 1. The Morgan fingerprint density at radius 3 is 3.06 bits per heavy atom. The number of ether oxygens (including phenoxy) is 1. The quantitative estimate of drug-likeness (QED) is 0.526. The highest BCUT2D eigenvalue weighted by molar-refractivity contribution is 5.77. The summed E-state index contributed by atoms with van der Waals surface area (Å²) in [6.45, 7) is 3.20. The second-order valence-corrected chi connectivity index (χ2v) is 4.23. The molecule has 0 aliphatic carbocycles. The molecule has 2 atom stereocenters. The van der Waals surface area contributed by atoms with Crippen LogP contribution in [0.2, 0.25) is 0 Å². The van der Waals surface area contributed by atoms with E-state index in [1.54, 1.807) is 0 Å². The standard InChI is InChI=1S/C11H19N3O3/c1-9-11(16,3-6-17-9)8-13-7-10(15)14-5-2-4-12/h9,13,16H,2-3,5-8H2,1H3,(H,14,15). The minimum atomic E-state index is -0.882. The van der Waals surface area contributed by atoms with E-state index in [-0.39, 0.29) is 18.6 Å². The summed E-state index contributed by atoms with van der Waals surface area (Å²) in [6, 6.07) is 1.94. The largest absolute Gasteiger partial charge is 0.386 e. The number of carbonyl (C=O) groups is 1. The van der Waals surface area contributed by atoms with E-state index in [1.807, 2.05) is 13.0 Å². The maximum Gasteiger partial charge on any atom is 0.233 e. The van der Waals surface area contributed by atoms with Crippen molar-refractivity contribution in [3.63, 3.8) is 0 Å². The van der Waals surface area contributed by atoms with E-state index in [4.69, 9.17) is 10.00 Å². The van der Waals surface area contributed by atoms with Crippen molar-refractivity contribution in [2.24, 2.45) is 0 Å². The predicted octanol–water partition coefficient (Wildman–Crippen LogP) is -0.854. The molecule has 0 aromatic heterocycles. The Hall–Kier alpha value is -1.16. The Morgan fingerprint density at radius 2 is 2.47 bits per heavy atom. The molecule has 1 saturated heterocycles. The van der Waals surface area contributed by atoms with Crippen molar-refractivity contribution >= 4 is 5.91 Å². The third-order valence-electron chi connectivity index (χ3n) is 2.94. The summed E-state index contributed by atoms with van der Waals surface area (Å²) in [5.74, 6) is -0.171. The SMILES string of the molecule is CC1OCCC1(O)CNCC(=O)NCCC#N. The molecule has 6 heteroatoms. The first-order chi connectivity index (χ1) is 8.08. The molecule has 0 bridgehead atoms. The number of aliphatic hydroxyl groups is 1. The third-order valence-corrected chi connectivity index (χ3v) is 2.94. The van der Waals surface area contributed by atoms with Gasteiger partial charge in [-0.2, -0.15) is 5.26 Å². The van der Waals surface area contributed by atoms with Gasteiger partial charge in [-0.15, -0.1) is 0 Å². The first-order valence-electron chi connectivity index (χ1n) is 5.77. The summed E-state index contributed by atoms with van der Waals surface area (Å²) in [6.07, 6.45) is 0.675. The van der Waals surface area contributed by atoms with Crippen molar-refractivity contribution in [1.82, 2.24) is 10.6 Å². The molecule has 1 heterocycles. The fourth-order valence-corrected chi connectivity index (χ4v) is 1.72. The number of nitrogens with zero attached hydrogens (tertiary/aromatic N) is 1. The van der Waals surface area contributed by atoms with Crippen LogP contribution >= 0.6 is 0 Å². The smallest absolute Gasteiger partial charge is 0.233 e. The van der Waals surface area contributed by atoms with Crippen LogP contribution in [0.4, 0.5) is 0 Å². The highest BCUT2D eigenvalue weighted by Gasteiger charge is 2.39. The molecule has 1 amide bonds. The van der Waals surface area contributed by atoms with Crippen molar-refractivity contribution in [3.05, 3.63) is 0 Å². The fraction of sp³-hybridized carbons (Fsp3) is 0.818. The Balaban J connectivity index is 2.15. The molecule has 1 aliphatic rings. The van der Waals surface area contributed by atoms with Crippen molar-refractivity contribution in [3.8, 4) is 6.07 Å². The van der Waals surface area contributed by atoms with Gasteiger partial charge in [0.25, 0.3) is 0 Å². The second-order valence-electron chi connectivity index (χ2n) is 4.23. The molecule has 3 N–H and O–H groups in total. The lowest BCUT2D eigenvalue weighted by atomic mass is 9.97. The molecule has 17 heavy (non-hydrogen) atoms. The van der Waals surface area contributed by atoms with Gasteiger partial charge in [0.2, 0.25) is 5.91 Å². The van der Waals surface area contributed by atoms with Crippen molar-refractivity contribution in [2.75, 3.05) is 26.2 Å². The van der Waals surface area contributed by atoms with Gasteiger partial charge < -0.3 is 20.5 Å². The number of hydrogen-bond acceptors (Lipinski definition) is 5. The molecule has 0 aromatic rings. The third kappa shape index (κ3) is 4.30. The first-order valence-corrected chi connectivity index (χ1v) is 5.77. The molecule has 0 radical (unpaired) electrons. The lowest BCUT2D eigenvalue weighted by molar-refractivity contribution is -0.120. The fourth-order valence-electron chi connectivity index (χ4n) is 1.72. The molecule has 1 rings (SSSR count). The van der Waals surface area contributed by atoms with E-state index in [1.165, 1.54) is 0 Å². The van der Waals surface area contributed by atoms with Gasteiger partial charge in [0, 0.05) is 26.1 Å². The van der Waals surface area contributed by atoms with E-state index in [2.05, 4.69) is 10.6 Å². The topological polar surface area (TPSA) is 94.4 Å². The van der Waals surface area contributed by atoms with Gasteiger partial charge in [0.1, 0.15) is 5.60 Å². The van der Waals surface area contributed by atoms with Gasteiger partial charge in [-0.05, 0) is 6.92 Å². The van der Waals surface area contributed by atoms with E-state index in [9.17, 15) is 9.90 Å². The van der Waals surface area contributed by atoms with Crippen LogP contribution in [0, 0.1) is 11.3 Å². The predicted molar refractivity (Wildman–Crippen MR) is 61.1 cm³/mol. The molecule has 1 aliphatic heterocycles. The molecule has 1 fully saturated rings. The normalized spacial score (nSPS) is 27.7. The number of carbonyl (C=O) groups excluding carboxylic acids is 1. The highest BCUT2D eigenvalue weighted by Crippen LogP contribution is 2.24. The summed E-state index contributed by atoms with van der Waals surface area (Å²) >= 11 is 0. The van der Waals surface area contributed by atoms with E-state index in [0.29, 0.717) is 32.5 Å². The van der Waals surface area contributed by atoms with Gasteiger partial charge >= 0.3 is 0 Å². The van der Waals surface area contributed by atoms with Gasteiger partial charge in [-0.1, -0.05) is 0 Å². The van der Waals surface area contributed by atoms with Crippen LogP contribution in [0.15, 0.2) is 0 Å². The summed E-state index contributed by atoms with van der Waals surface area (Å²) < 4.78 is 5.28.